The van der Waals surface area contributed by atoms with Crippen LogP contribution in [0.15, 0.2) is 30.3 Å². The van der Waals surface area contributed by atoms with E-state index in [1.807, 2.05) is 0 Å². The van der Waals surface area contributed by atoms with Crippen molar-refractivity contribution in [3.05, 3.63) is 47.3 Å². The van der Waals surface area contributed by atoms with Crippen LogP contribution in [0.25, 0.3) is 4.85 Å². The molecular formula is C18H24N2. The van der Waals surface area contributed by atoms with Crippen molar-refractivity contribution in [3.8, 4) is 0 Å². The average molecular weight is 268 g/mol. The zero-order chi connectivity index (χ0) is 13.8. The number of likely N-dealkylation sites (tertiary alicyclic amines) is 1. The Morgan fingerprint density at radius 1 is 1.05 bits per heavy atom. The van der Waals surface area contributed by atoms with E-state index in [1.165, 1.54) is 37.7 Å². The molecule has 1 saturated heterocycles. The molecule has 1 heterocycles. The molecule has 2 atom stereocenters. The lowest BCUT2D eigenvalue weighted by atomic mass is 9.78. The van der Waals surface area contributed by atoms with E-state index in [-0.39, 0.29) is 6.04 Å². The molecule has 0 spiro atoms. The zero-order valence-corrected chi connectivity index (χ0v) is 12.2. The molecule has 1 aliphatic heterocycles. The van der Waals surface area contributed by atoms with Gasteiger partial charge in [0.1, 0.15) is 0 Å². The van der Waals surface area contributed by atoms with Gasteiger partial charge in [-0.15, -0.1) is 0 Å². The van der Waals surface area contributed by atoms with Crippen LogP contribution in [0.1, 0.15) is 37.7 Å². The first-order valence-electron chi connectivity index (χ1n) is 7.99. The zero-order valence-electron chi connectivity index (χ0n) is 12.2. The number of hydrogen-bond acceptors (Lipinski definition) is 1. The Kier molecular flexibility index (Phi) is 4.38. The average Bonchev–Trinajstić information content (AvgIpc) is 2.92. The lowest BCUT2D eigenvalue weighted by Crippen LogP contribution is -2.26. The highest BCUT2D eigenvalue weighted by atomic mass is 15.2. The molecule has 2 nitrogen and oxygen atoms in total. The summed E-state index contributed by atoms with van der Waals surface area (Å²) in [6, 6.07) is 10.9. The molecule has 20 heavy (non-hydrogen) atoms. The molecule has 106 valence electrons. The van der Waals surface area contributed by atoms with E-state index in [4.69, 9.17) is 6.57 Å². The van der Waals surface area contributed by atoms with Gasteiger partial charge in [-0.25, -0.2) is 6.57 Å². The maximum Gasteiger partial charge on any atom is 0.240 e. The molecule has 2 heteroatoms. The summed E-state index contributed by atoms with van der Waals surface area (Å²) in [4.78, 5) is 6.44. The third-order valence-corrected chi connectivity index (χ3v) is 5.08. The number of nitrogens with zero attached hydrogens (tertiary/aromatic N) is 2. The van der Waals surface area contributed by atoms with Gasteiger partial charge in [0.05, 0.1) is 12.5 Å². The van der Waals surface area contributed by atoms with Crippen molar-refractivity contribution in [1.82, 2.24) is 4.90 Å². The topological polar surface area (TPSA) is 7.60 Å². The maximum absolute atomic E-state index is 7.52. The summed E-state index contributed by atoms with van der Waals surface area (Å²) in [7, 11) is 0. The minimum Gasteiger partial charge on any atom is -0.312 e. The number of benzene rings is 1. The first-order chi connectivity index (χ1) is 9.86. The fraction of sp³-hybridized carbons (Fsp3) is 0.611. The molecule has 0 bridgehead atoms. The summed E-state index contributed by atoms with van der Waals surface area (Å²) in [5.41, 5.74) is 1.38. The van der Waals surface area contributed by atoms with Gasteiger partial charge >= 0.3 is 0 Å². The van der Waals surface area contributed by atoms with Crippen molar-refractivity contribution < 1.29 is 0 Å². The minimum atomic E-state index is 0.238. The highest BCUT2D eigenvalue weighted by Gasteiger charge is 2.42. The van der Waals surface area contributed by atoms with Crippen LogP contribution < -0.4 is 0 Å². The highest BCUT2D eigenvalue weighted by Crippen LogP contribution is 2.36. The molecule has 2 fully saturated rings. The number of hydrogen-bond donors (Lipinski definition) is 0. The Bertz CT molecular complexity index is 456. The van der Waals surface area contributed by atoms with E-state index in [9.17, 15) is 0 Å². The Hall–Kier alpha value is -1.33. The van der Waals surface area contributed by atoms with Crippen LogP contribution in [0.3, 0.4) is 0 Å². The van der Waals surface area contributed by atoms with Gasteiger partial charge in [0.15, 0.2) is 0 Å². The van der Waals surface area contributed by atoms with Crippen molar-refractivity contribution in [3.63, 3.8) is 0 Å². The van der Waals surface area contributed by atoms with Gasteiger partial charge in [0, 0.05) is 13.1 Å². The highest BCUT2D eigenvalue weighted by molar-refractivity contribution is 5.15. The van der Waals surface area contributed by atoms with Gasteiger partial charge in [0.25, 0.3) is 0 Å². The summed E-state index contributed by atoms with van der Waals surface area (Å²) in [5, 5.41) is 0. The number of rotatable bonds is 3. The summed E-state index contributed by atoms with van der Waals surface area (Å²) in [6.45, 7) is 10.6. The maximum atomic E-state index is 7.52. The predicted octanol–water partition coefficient (Wildman–Crippen LogP) is 3.99. The van der Waals surface area contributed by atoms with Crippen LogP contribution in [0.5, 0.6) is 0 Å². The largest absolute Gasteiger partial charge is 0.312 e. The van der Waals surface area contributed by atoms with Crippen molar-refractivity contribution >= 4 is 0 Å². The molecule has 1 aromatic rings. The Balaban J connectivity index is 1.63. The molecule has 3 rings (SSSR count). The van der Waals surface area contributed by atoms with E-state index < -0.39 is 0 Å². The second-order valence-corrected chi connectivity index (χ2v) is 6.44. The standard InChI is InChI=1S/C18H24N2/c1-19-18-14-20(12-15-8-4-2-5-9-15)13-17(18)16-10-6-3-7-11-16/h2,4-5,8-9,16-18H,3,6-7,10-14H2/t17?,18-/m0/s1. The second kappa shape index (κ2) is 6.41. The molecule has 1 saturated carbocycles. The van der Waals surface area contributed by atoms with Crippen molar-refractivity contribution in [2.24, 2.45) is 11.8 Å². The second-order valence-electron chi connectivity index (χ2n) is 6.44. The molecule has 0 amide bonds. The van der Waals surface area contributed by atoms with Crippen LogP contribution in [-0.4, -0.2) is 24.0 Å². The minimum absolute atomic E-state index is 0.238. The van der Waals surface area contributed by atoms with Gasteiger partial charge in [-0.2, -0.15) is 0 Å². The van der Waals surface area contributed by atoms with E-state index in [2.05, 4.69) is 40.1 Å². The molecule has 0 N–H and O–H groups in total. The molecule has 1 unspecified atom stereocenters. The molecule has 0 aromatic heterocycles. The molecule has 2 aliphatic rings. The van der Waals surface area contributed by atoms with Crippen LogP contribution >= 0.6 is 0 Å². The van der Waals surface area contributed by atoms with Gasteiger partial charge < -0.3 is 4.85 Å². The summed E-state index contributed by atoms with van der Waals surface area (Å²) in [6.07, 6.45) is 6.88. The van der Waals surface area contributed by atoms with Gasteiger partial charge in [-0.05, 0) is 24.3 Å². The Morgan fingerprint density at radius 2 is 1.80 bits per heavy atom. The smallest absolute Gasteiger partial charge is 0.240 e. The van der Waals surface area contributed by atoms with E-state index >= 15 is 0 Å². The van der Waals surface area contributed by atoms with E-state index in [0.29, 0.717) is 5.92 Å². The van der Waals surface area contributed by atoms with Crippen molar-refractivity contribution in [1.29, 1.82) is 0 Å². The van der Waals surface area contributed by atoms with Crippen LogP contribution in [0, 0.1) is 18.4 Å². The van der Waals surface area contributed by atoms with Gasteiger partial charge in [-0.3, -0.25) is 4.90 Å². The third-order valence-electron chi connectivity index (χ3n) is 5.08. The van der Waals surface area contributed by atoms with Gasteiger partial charge in [0.2, 0.25) is 6.04 Å². The normalized spacial score (nSPS) is 28.4. The predicted molar refractivity (Wildman–Crippen MR) is 82.2 cm³/mol. The van der Waals surface area contributed by atoms with Crippen molar-refractivity contribution in [2.45, 2.75) is 44.7 Å². The molecular weight excluding hydrogens is 244 g/mol. The molecule has 1 aliphatic carbocycles. The summed E-state index contributed by atoms with van der Waals surface area (Å²) >= 11 is 0. The van der Waals surface area contributed by atoms with Crippen molar-refractivity contribution in [2.75, 3.05) is 13.1 Å². The first-order valence-corrected chi connectivity index (χ1v) is 7.99. The van der Waals surface area contributed by atoms with E-state index in [1.54, 1.807) is 0 Å². The van der Waals surface area contributed by atoms with Gasteiger partial charge in [-0.1, -0.05) is 49.6 Å². The Labute approximate surface area is 122 Å². The molecule has 1 aromatic carbocycles. The summed E-state index contributed by atoms with van der Waals surface area (Å²) in [5.74, 6) is 1.43. The third kappa shape index (κ3) is 3.04. The van der Waals surface area contributed by atoms with Crippen LogP contribution in [-0.2, 0) is 6.54 Å². The summed E-state index contributed by atoms with van der Waals surface area (Å²) < 4.78 is 0. The fourth-order valence-electron chi connectivity index (χ4n) is 4.03. The first kappa shape index (κ1) is 13.6. The van der Waals surface area contributed by atoms with Crippen LogP contribution in [0.4, 0.5) is 0 Å². The lowest BCUT2D eigenvalue weighted by molar-refractivity contribution is 0.232. The quantitative estimate of drug-likeness (QED) is 0.752. The SMILES string of the molecule is [C-]#[N+][C@H]1CN(Cc2ccccc2)CC1C1CCCCC1. The van der Waals surface area contributed by atoms with Crippen LogP contribution in [0.2, 0.25) is 0 Å². The fourth-order valence-corrected chi connectivity index (χ4v) is 4.03. The molecule has 0 radical (unpaired) electrons. The Morgan fingerprint density at radius 3 is 2.50 bits per heavy atom. The van der Waals surface area contributed by atoms with E-state index in [0.717, 1.165) is 25.6 Å². The lowest BCUT2D eigenvalue weighted by Gasteiger charge is -2.27. The monoisotopic (exact) mass is 268 g/mol.